The van der Waals surface area contributed by atoms with Crippen LogP contribution in [0.3, 0.4) is 0 Å². The van der Waals surface area contributed by atoms with Crippen molar-refractivity contribution in [1.29, 1.82) is 0 Å². The number of hydrogen-bond acceptors (Lipinski definition) is 2. The minimum Gasteiger partial charge on any atom is -0.340 e. The maximum Gasteiger partial charge on any atom is 0.253 e. The molecule has 0 spiro atoms. The Bertz CT molecular complexity index is 870. The minimum absolute atomic E-state index is 0.148. The van der Waals surface area contributed by atoms with E-state index < -0.39 is 23.4 Å². The highest BCUT2D eigenvalue weighted by Gasteiger charge is 2.27. The Morgan fingerprint density at radius 1 is 0.857 bits per heavy atom. The molecule has 0 bridgehead atoms. The third-order valence-corrected chi connectivity index (χ3v) is 4.99. The Hall–Kier alpha value is -2.83. The van der Waals surface area contributed by atoms with E-state index in [0.717, 1.165) is 12.1 Å². The summed E-state index contributed by atoms with van der Waals surface area (Å²) in [5, 5.41) is 0. The van der Waals surface area contributed by atoms with Gasteiger partial charge in [0, 0.05) is 43.4 Å². The van der Waals surface area contributed by atoms with Crippen LogP contribution in [0.15, 0.2) is 42.5 Å². The van der Waals surface area contributed by atoms with Gasteiger partial charge in [-0.2, -0.15) is 0 Å². The summed E-state index contributed by atoms with van der Waals surface area (Å²) in [5.74, 6) is -3.07. The van der Waals surface area contributed by atoms with Crippen molar-refractivity contribution in [2.45, 2.75) is 19.3 Å². The molecule has 4 nitrogen and oxygen atoms in total. The molecule has 1 heterocycles. The summed E-state index contributed by atoms with van der Waals surface area (Å²) in [6, 6.07) is 8.53. The topological polar surface area (TPSA) is 40.6 Å². The quantitative estimate of drug-likeness (QED) is 0.804. The van der Waals surface area contributed by atoms with Crippen LogP contribution in [-0.4, -0.2) is 47.8 Å². The van der Waals surface area contributed by atoms with Gasteiger partial charge in [0.25, 0.3) is 5.91 Å². The van der Waals surface area contributed by atoms with E-state index in [1.165, 1.54) is 30.3 Å². The number of carbonyl (C=O) groups excluding carboxylic acids is 2. The monoisotopic (exact) mass is 390 g/mol. The number of benzene rings is 2. The molecule has 7 heteroatoms. The van der Waals surface area contributed by atoms with Gasteiger partial charge in [-0.1, -0.05) is 6.07 Å². The highest BCUT2D eigenvalue weighted by atomic mass is 19.1. The maximum absolute atomic E-state index is 14.0. The van der Waals surface area contributed by atoms with E-state index >= 15 is 0 Å². The van der Waals surface area contributed by atoms with E-state index in [0.29, 0.717) is 38.2 Å². The molecule has 2 aromatic carbocycles. The second-order valence-electron chi connectivity index (χ2n) is 6.87. The van der Waals surface area contributed by atoms with E-state index in [1.54, 1.807) is 16.7 Å². The first-order chi connectivity index (χ1) is 13.4. The first-order valence-electron chi connectivity index (χ1n) is 9.15. The molecule has 1 unspecified atom stereocenters. The number of halogens is 3. The van der Waals surface area contributed by atoms with E-state index in [-0.39, 0.29) is 17.4 Å². The van der Waals surface area contributed by atoms with Crippen molar-refractivity contribution in [3.63, 3.8) is 0 Å². The predicted octanol–water partition coefficient (Wildman–Crippen LogP) is 3.58. The van der Waals surface area contributed by atoms with Crippen LogP contribution in [0.25, 0.3) is 0 Å². The maximum atomic E-state index is 14.0. The lowest BCUT2D eigenvalue weighted by Crippen LogP contribution is -2.39. The first-order valence-corrected chi connectivity index (χ1v) is 9.15. The van der Waals surface area contributed by atoms with Crippen LogP contribution in [0.2, 0.25) is 0 Å². The van der Waals surface area contributed by atoms with Crippen LogP contribution in [0.4, 0.5) is 13.2 Å². The van der Waals surface area contributed by atoms with E-state index in [9.17, 15) is 22.8 Å². The van der Waals surface area contributed by atoms with Crippen molar-refractivity contribution in [1.82, 2.24) is 9.80 Å². The SMILES string of the molecule is CC(C(=O)N1CCCN(C(=O)c2ccc(F)cc2)CC1)c1ccc(F)cc1F. The smallest absolute Gasteiger partial charge is 0.253 e. The lowest BCUT2D eigenvalue weighted by molar-refractivity contribution is -0.132. The summed E-state index contributed by atoms with van der Waals surface area (Å²) in [6.07, 6.45) is 0.581. The lowest BCUT2D eigenvalue weighted by atomic mass is 9.99. The summed E-state index contributed by atoms with van der Waals surface area (Å²) >= 11 is 0. The molecular formula is C21H21F3N2O2. The molecule has 1 fully saturated rings. The normalized spacial score (nSPS) is 15.9. The van der Waals surface area contributed by atoms with Gasteiger partial charge in [0.2, 0.25) is 5.91 Å². The molecule has 0 aromatic heterocycles. The Morgan fingerprint density at radius 2 is 1.46 bits per heavy atom. The Labute approximate surface area is 161 Å². The highest BCUT2D eigenvalue weighted by molar-refractivity contribution is 5.94. The van der Waals surface area contributed by atoms with Gasteiger partial charge in [-0.25, -0.2) is 13.2 Å². The van der Waals surface area contributed by atoms with E-state index in [1.807, 2.05) is 0 Å². The molecule has 0 N–H and O–H groups in total. The molecule has 2 amide bonds. The molecule has 28 heavy (non-hydrogen) atoms. The molecule has 0 radical (unpaired) electrons. The van der Waals surface area contributed by atoms with Crippen molar-refractivity contribution < 1.29 is 22.8 Å². The zero-order chi connectivity index (χ0) is 20.3. The molecule has 2 aromatic rings. The van der Waals surface area contributed by atoms with Gasteiger partial charge in [-0.05, 0) is 43.7 Å². The van der Waals surface area contributed by atoms with E-state index in [2.05, 4.69) is 0 Å². The van der Waals surface area contributed by atoms with Crippen molar-refractivity contribution in [3.8, 4) is 0 Å². The lowest BCUT2D eigenvalue weighted by Gasteiger charge is -2.25. The van der Waals surface area contributed by atoms with Crippen molar-refractivity contribution in [3.05, 3.63) is 71.0 Å². The molecule has 148 valence electrons. The molecule has 1 aliphatic heterocycles. The predicted molar refractivity (Wildman–Crippen MR) is 98.3 cm³/mol. The average Bonchev–Trinajstić information content (AvgIpc) is 2.93. The zero-order valence-electron chi connectivity index (χ0n) is 15.5. The highest BCUT2D eigenvalue weighted by Crippen LogP contribution is 2.23. The van der Waals surface area contributed by atoms with Crippen molar-refractivity contribution in [2.75, 3.05) is 26.2 Å². The second-order valence-corrected chi connectivity index (χ2v) is 6.87. The standard InChI is InChI=1S/C21H21F3N2O2/c1-14(18-8-7-17(23)13-19(18)24)20(27)25-9-2-10-26(12-11-25)21(28)15-3-5-16(22)6-4-15/h3-8,13-14H,2,9-12H2,1H3. The van der Waals surface area contributed by atoms with Crippen LogP contribution in [0.5, 0.6) is 0 Å². The molecule has 0 aliphatic carbocycles. The van der Waals surface area contributed by atoms with Gasteiger partial charge < -0.3 is 9.80 Å². The number of hydrogen-bond donors (Lipinski definition) is 0. The fourth-order valence-electron chi connectivity index (χ4n) is 3.38. The summed E-state index contributed by atoms with van der Waals surface area (Å²) in [5.41, 5.74) is 0.540. The first kappa shape index (κ1) is 19.9. The zero-order valence-corrected chi connectivity index (χ0v) is 15.5. The Kier molecular flexibility index (Phi) is 6.02. The average molecular weight is 390 g/mol. The molecular weight excluding hydrogens is 369 g/mol. The summed E-state index contributed by atoms with van der Waals surface area (Å²) < 4.78 is 40.2. The second kappa shape index (κ2) is 8.46. The number of rotatable bonds is 3. The van der Waals surface area contributed by atoms with Crippen LogP contribution in [0.1, 0.15) is 35.2 Å². The molecule has 1 atom stereocenters. The number of carbonyl (C=O) groups is 2. The van der Waals surface area contributed by atoms with Crippen LogP contribution in [0, 0.1) is 17.5 Å². The fraction of sp³-hybridized carbons (Fsp3) is 0.333. The van der Waals surface area contributed by atoms with Crippen LogP contribution in [-0.2, 0) is 4.79 Å². The third-order valence-electron chi connectivity index (χ3n) is 4.99. The Balaban J connectivity index is 1.66. The molecule has 0 saturated carbocycles. The third kappa shape index (κ3) is 4.35. The molecule has 1 aliphatic rings. The van der Waals surface area contributed by atoms with Gasteiger partial charge >= 0.3 is 0 Å². The molecule has 1 saturated heterocycles. The van der Waals surface area contributed by atoms with Gasteiger partial charge in [-0.3, -0.25) is 9.59 Å². The van der Waals surface area contributed by atoms with E-state index in [4.69, 9.17) is 0 Å². The summed E-state index contributed by atoms with van der Waals surface area (Å²) in [4.78, 5) is 28.6. The minimum atomic E-state index is -0.750. The fourth-order valence-corrected chi connectivity index (χ4v) is 3.38. The van der Waals surface area contributed by atoms with Gasteiger partial charge in [0.1, 0.15) is 17.5 Å². The summed E-state index contributed by atoms with van der Waals surface area (Å²) in [6.45, 7) is 3.16. The summed E-state index contributed by atoms with van der Waals surface area (Å²) in [7, 11) is 0. The van der Waals surface area contributed by atoms with Crippen molar-refractivity contribution in [2.24, 2.45) is 0 Å². The van der Waals surface area contributed by atoms with Crippen LogP contribution < -0.4 is 0 Å². The van der Waals surface area contributed by atoms with Gasteiger partial charge in [0.15, 0.2) is 0 Å². The largest absolute Gasteiger partial charge is 0.340 e. The Morgan fingerprint density at radius 3 is 2.14 bits per heavy atom. The van der Waals surface area contributed by atoms with Gasteiger partial charge in [0.05, 0.1) is 5.92 Å². The number of amides is 2. The van der Waals surface area contributed by atoms with Crippen LogP contribution >= 0.6 is 0 Å². The number of nitrogens with zero attached hydrogens (tertiary/aromatic N) is 2. The van der Waals surface area contributed by atoms with Gasteiger partial charge in [-0.15, -0.1) is 0 Å². The van der Waals surface area contributed by atoms with Crippen molar-refractivity contribution >= 4 is 11.8 Å². The molecule has 3 rings (SSSR count).